The molecule has 102 valence electrons. The molecule has 1 aliphatic heterocycles. The summed E-state index contributed by atoms with van der Waals surface area (Å²) in [5, 5.41) is 4.52. The van der Waals surface area contributed by atoms with Gasteiger partial charge in [0.2, 0.25) is 5.88 Å². The van der Waals surface area contributed by atoms with Crippen LogP contribution in [0.3, 0.4) is 0 Å². The normalized spacial score (nSPS) is 18.1. The molecular weight excluding hydrogens is 252 g/mol. The maximum absolute atomic E-state index is 12.3. The number of Topliss-reactive ketones (excluding diaryl/α,β-unsaturated/α-hetero) is 1. The molecule has 4 heteroatoms. The Morgan fingerprint density at radius 1 is 1.35 bits per heavy atom. The van der Waals surface area contributed by atoms with Gasteiger partial charge < -0.3 is 4.74 Å². The quantitative estimate of drug-likeness (QED) is 0.839. The fourth-order valence-electron chi connectivity index (χ4n) is 2.40. The van der Waals surface area contributed by atoms with Gasteiger partial charge in [0.15, 0.2) is 5.78 Å². The van der Waals surface area contributed by atoms with Gasteiger partial charge in [-0.15, -0.1) is 0 Å². The zero-order valence-electron chi connectivity index (χ0n) is 11.5. The third-order valence-corrected chi connectivity index (χ3v) is 3.26. The molecule has 1 atom stereocenters. The Morgan fingerprint density at radius 2 is 2.10 bits per heavy atom. The van der Waals surface area contributed by atoms with Crippen molar-refractivity contribution in [1.29, 1.82) is 0 Å². The summed E-state index contributed by atoms with van der Waals surface area (Å²) in [4.78, 5) is 12.3. The second-order valence-corrected chi connectivity index (χ2v) is 4.87. The number of hydrogen-bond acceptors (Lipinski definition) is 3. The van der Waals surface area contributed by atoms with Gasteiger partial charge in [0.25, 0.3) is 0 Å². The monoisotopic (exact) mass is 268 g/mol. The molecule has 0 amide bonds. The average molecular weight is 268 g/mol. The number of carbonyl (C=O) groups is 1. The van der Waals surface area contributed by atoms with Crippen molar-refractivity contribution >= 4 is 11.9 Å². The highest BCUT2D eigenvalue weighted by Gasteiger charge is 2.31. The van der Waals surface area contributed by atoms with Crippen LogP contribution in [-0.2, 0) is 0 Å². The molecule has 4 nitrogen and oxygen atoms in total. The number of benzene rings is 1. The predicted molar refractivity (Wildman–Crippen MR) is 77.3 cm³/mol. The summed E-state index contributed by atoms with van der Waals surface area (Å²) in [6.07, 6.45) is 4.00. The molecule has 0 fully saturated rings. The van der Waals surface area contributed by atoms with Gasteiger partial charge in [-0.1, -0.05) is 24.3 Å². The molecule has 20 heavy (non-hydrogen) atoms. The van der Waals surface area contributed by atoms with Crippen molar-refractivity contribution in [2.45, 2.75) is 26.4 Å². The van der Waals surface area contributed by atoms with E-state index in [0.29, 0.717) is 23.6 Å². The maximum Gasteiger partial charge on any atom is 0.228 e. The van der Waals surface area contributed by atoms with Crippen molar-refractivity contribution in [3.8, 4) is 11.6 Å². The number of rotatable bonds is 2. The van der Waals surface area contributed by atoms with Crippen LogP contribution in [0.4, 0.5) is 0 Å². The summed E-state index contributed by atoms with van der Waals surface area (Å²) in [6, 6.07) is 9.71. The van der Waals surface area contributed by atoms with E-state index in [-0.39, 0.29) is 11.9 Å². The Kier molecular flexibility index (Phi) is 3.14. The van der Waals surface area contributed by atoms with Gasteiger partial charge >= 0.3 is 0 Å². The van der Waals surface area contributed by atoms with Crippen molar-refractivity contribution in [3.05, 3.63) is 47.7 Å². The molecule has 0 saturated heterocycles. The van der Waals surface area contributed by atoms with Crippen molar-refractivity contribution < 1.29 is 9.53 Å². The van der Waals surface area contributed by atoms with Gasteiger partial charge in [-0.2, -0.15) is 9.78 Å². The van der Waals surface area contributed by atoms with Crippen molar-refractivity contribution in [2.24, 2.45) is 0 Å². The fourth-order valence-corrected chi connectivity index (χ4v) is 2.40. The van der Waals surface area contributed by atoms with Crippen LogP contribution >= 0.6 is 0 Å². The number of fused-ring (bicyclic) bond motifs is 1. The molecule has 0 N–H and O–H groups in total. The van der Waals surface area contributed by atoms with E-state index in [2.05, 4.69) is 5.10 Å². The molecular formula is C16H16N2O2. The van der Waals surface area contributed by atoms with Crippen LogP contribution in [0.5, 0.6) is 5.88 Å². The molecule has 1 aromatic carbocycles. The number of allylic oxidation sites excluding steroid dienone is 1. The van der Waals surface area contributed by atoms with Gasteiger partial charge in [0.1, 0.15) is 17.4 Å². The number of nitrogens with zero attached hydrogens (tertiary/aromatic N) is 2. The summed E-state index contributed by atoms with van der Waals surface area (Å²) in [5.41, 5.74) is 2.15. The van der Waals surface area contributed by atoms with Gasteiger partial charge in [-0.05, 0) is 32.1 Å². The lowest BCUT2D eigenvalue weighted by Gasteiger charge is -2.20. The van der Waals surface area contributed by atoms with E-state index in [1.165, 1.54) is 0 Å². The second-order valence-electron chi connectivity index (χ2n) is 4.87. The molecule has 0 bridgehead atoms. The molecule has 3 rings (SSSR count). The molecule has 2 aromatic rings. The first-order valence-corrected chi connectivity index (χ1v) is 6.71. The maximum atomic E-state index is 12.3. The van der Waals surface area contributed by atoms with Crippen molar-refractivity contribution in [1.82, 2.24) is 9.78 Å². The first kappa shape index (κ1) is 12.7. The smallest absolute Gasteiger partial charge is 0.228 e. The zero-order valence-corrected chi connectivity index (χ0v) is 11.5. The predicted octanol–water partition coefficient (Wildman–Crippen LogP) is 3.26. The molecule has 0 radical (unpaired) electrons. The molecule has 2 heterocycles. The van der Waals surface area contributed by atoms with E-state index in [4.69, 9.17) is 4.74 Å². The van der Waals surface area contributed by atoms with Crippen LogP contribution in [0.2, 0.25) is 0 Å². The minimum atomic E-state index is -0.118. The number of ether oxygens (including phenoxy) is 1. The summed E-state index contributed by atoms with van der Waals surface area (Å²) in [5.74, 6) is 0.641. The standard InChI is InChI=1S/C16H16N2O2/c1-3-7-13-15-14(19)10-11(2)20-16(15)18(17-13)12-8-5-4-6-9-12/h3-9,11H,10H2,1-2H3/b7-3+. The highest BCUT2D eigenvalue weighted by Crippen LogP contribution is 2.33. The summed E-state index contributed by atoms with van der Waals surface area (Å²) < 4.78 is 7.57. The van der Waals surface area contributed by atoms with Gasteiger partial charge in [-0.25, -0.2) is 0 Å². The molecule has 0 saturated carbocycles. The minimum absolute atomic E-state index is 0.0917. The summed E-state index contributed by atoms with van der Waals surface area (Å²) in [6.45, 7) is 3.81. The number of ketones is 1. The molecule has 1 aliphatic rings. The van der Waals surface area contributed by atoms with E-state index >= 15 is 0 Å². The molecule has 0 spiro atoms. The first-order valence-electron chi connectivity index (χ1n) is 6.71. The van der Waals surface area contributed by atoms with Crippen LogP contribution in [-0.4, -0.2) is 21.7 Å². The van der Waals surface area contributed by atoms with E-state index in [0.717, 1.165) is 5.69 Å². The lowest BCUT2D eigenvalue weighted by molar-refractivity contribution is 0.0861. The Balaban J connectivity index is 2.22. The minimum Gasteiger partial charge on any atom is -0.474 e. The van der Waals surface area contributed by atoms with Crippen LogP contribution in [0.25, 0.3) is 11.8 Å². The second kappa shape index (κ2) is 4.96. The molecule has 1 aromatic heterocycles. The Bertz CT molecular complexity index is 671. The van der Waals surface area contributed by atoms with Crippen LogP contribution in [0, 0.1) is 0 Å². The van der Waals surface area contributed by atoms with Crippen LogP contribution < -0.4 is 4.74 Å². The number of aromatic nitrogens is 2. The lowest BCUT2D eigenvalue weighted by atomic mass is 10.0. The molecule has 0 aliphatic carbocycles. The van der Waals surface area contributed by atoms with E-state index in [1.807, 2.05) is 56.3 Å². The first-order chi connectivity index (χ1) is 9.70. The largest absolute Gasteiger partial charge is 0.474 e. The van der Waals surface area contributed by atoms with Crippen LogP contribution in [0.15, 0.2) is 36.4 Å². The van der Waals surface area contributed by atoms with Gasteiger partial charge in [0, 0.05) is 6.42 Å². The third kappa shape index (κ3) is 2.03. The number of hydrogen-bond donors (Lipinski definition) is 0. The van der Waals surface area contributed by atoms with E-state index < -0.39 is 0 Å². The SMILES string of the molecule is C/C=C/c1nn(-c2ccccc2)c2c1C(=O)CC(C)O2. The van der Waals surface area contributed by atoms with Crippen LogP contribution in [0.1, 0.15) is 36.3 Å². The van der Waals surface area contributed by atoms with Gasteiger partial charge in [0.05, 0.1) is 5.69 Å². The highest BCUT2D eigenvalue weighted by molar-refractivity contribution is 6.02. The fraction of sp³-hybridized carbons (Fsp3) is 0.250. The van der Waals surface area contributed by atoms with E-state index in [9.17, 15) is 4.79 Å². The molecule has 1 unspecified atom stereocenters. The lowest BCUT2D eigenvalue weighted by Crippen LogP contribution is -2.25. The van der Waals surface area contributed by atoms with Crippen molar-refractivity contribution in [3.63, 3.8) is 0 Å². The zero-order chi connectivity index (χ0) is 14.1. The number of para-hydroxylation sites is 1. The topological polar surface area (TPSA) is 44.1 Å². The Morgan fingerprint density at radius 3 is 2.80 bits per heavy atom. The summed E-state index contributed by atoms with van der Waals surface area (Å²) in [7, 11) is 0. The van der Waals surface area contributed by atoms with Crippen molar-refractivity contribution in [2.75, 3.05) is 0 Å². The van der Waals surface area contributed by atoms with Gasteiger partial charge in [-0.3, -0.25) is 4.79 Å². The average Bonchev–Trinajstić information content (AvgIpc) is 2.79. The Labute approximate surface area is 117 Å². The number of carbonyl (C=O) groups excluding carboxylic acids is 1. The Hall–Kier alpha value is -2.36. The third-order valence-electron chi connectivity index (χ3n) is 3.26. The summed E-state index contributed by atoms with van der Waals surface area (Å²) >= 11 is 0. The van der Waals surface area contributed by atoms with E-state index in [1.54, 1.807) is 4.68 Å². The highest BCUT2D eigenvalue weighted by atomic mass is 16.5.